The Morgan fingerprint density at radius 1 is 1.00 bits per heavy atom. The van der Waals surface area contributed by atoms with Crippen LogP contribution < -0.4 is 0 Å². The largest absolute Gasteiger partial charge is 0.278 e. The lowest BCUT2D eigenvalue weighted by Crippen LogP contribution is -1.93. The fourth-order valence-electron chi connectivity index (χ4n) is 1.62. The smallest absolute Gasteiger partial charge is 0.258 e. The van der Waals surface area contributed by atoms with Crippen LogP contribution in [0.3, 0.4) is 0 Å². The second-order valence-electron chi connectivity index (χ2n) is 3.52. The molecule has 0 fully saturated rings. The highest BCUT2D eigenvalue weighted by atomic mass is 35.5. The summed E-state index contributed by atoms with van der Waals surface area (Å²) in [5.41, 5.74) is 0.654. The SMILES string of the molecule is O=[N+]([O-])c1cc(Cl)ccc1-c1c(Cl)cccc1Cl. The van der Waals surface area contributed by atoms with Crippen LogP contribution in [0.2, 0.25) is 15.1 Å². The Morgan fingerprint density at radius 2 is 1.61 bits per heavy atom. The Kier molecular flexibility index (Phi) is 3.76. The van der Waals surface area contributed by atoms with Gasteiger partial charge in [0.25, 0.3) is 5.69 Å². The third-order valence-electron chi connectivity index (χ3n) is 2.39. The van der Waals surface area contributed by atoms with Gasteiger partial charge in [-0.3, -0.25) is 10.1 Å². The first-order chi connectivity index (χ1) is 8.50. The lowest BCUT2D eigenvalue weighted by Gasteiger charge is -2.08. The molecule has 0 aliphatic carbocycles. The molecular weight excluding hydrogens is 296 g/mol. The van der Waals surface area contributed by atoms with Crippen LogP contribution >= 0.6 is 34.8 Å². The minimum absolute atomic E-state index is 0.127. The second-order valence-corrected chi connectivity index (χ2v) is 4.77. The summed E-state index contributed by atoms with van der Waals surface area (Å²) in [5.74, 6) is 0. The summed E-state index contributed by atoms with van der Waals surface area (Å²) in [7, 11) is 0. The molecule has 3 nitrogen and oxygen atoms in total. The van der Waals surface area contributed by atoms with Crippen LogP contribution in [0, 0.1) is 10.1 Å². The zero-order valence-corrected chi connectivity index (χ0v) is 11.1. The minimum Gasteiger partial charge on any atom is -0.258 e. The summed E-state index contributed by atoms with van der Waals surface area (Å²) in [4.78, 5) is 10.5. The van der Waals surface area contributed by atoms with Crippen LogP contribution in [-0.2, 0) is 0 Å². The average Bonchev–Trinajstić information content (AvgIpc) is 2.30. The highest BCUT2D eigenvalue weighted by Crippen LogP contribution is 2.40. The first-order valence-corrected chi connectivity index (χ1v) is 6.02. The molecule has 92 valence electrons. The molecule has 2 aromatic carbocycles. The number of hydrogen-bond donors (Lipinski definition) is 0. The van der Waals surface area contributed by atoms with Crippen LogP contribution in [0.1, 0.15) is 0 Å². The van der Waals surface area contributed by atoms with E-state index in [1.54, 1.807) is 24.3 Å². The van der Waals surface area contributed by atoms with Gasteiger partial charge in [0, 0.05) is 16.7 Å². The molecule has 18 heavy (non-hydrogen) atoms. The fraction of sp³-hybridized carbons (Fsp3) is 0. The van der Waals surface area contributed by atoms with Crippen molar-refractivity contribution >= 4 is 40.5 Å². The van der Waals surface area contributed by atoms with Gasteiger partial charge in [0.05, 0.1) is 20.5 Å². The van der Waals surface area contributed by atoms with Crippen molar-refractivity contribution in [2.75, 3.05) is 0 Å². The Hall–Kier alpha value is -1.29. The van der Waals surface area contributed by atoms with E-state index < -0.39 is 4.92 Å². The van der Waals surface area contributed by atoms with E-state index in [2.05, 4.69) is 0 Å². The highest BCUT2D eigenvalue weighted by Gasteiger charge is 2.19. The number of nitrogens with zero attached hydrogens (tertiary/aromatic N) is 1. The van der Waals surface area contributed by atoms with Gasteiger partial charge < -0.3 is 0 Å². The van der Waals surface area contributed by atoms with Crippen LogP contribution in [-0.4, -0.2) is 4.92 Å². The van der Waals surface area contributed by atoms with Crippen molar-refractivity contribution < 1.29 is 4.92 Å². The Balaban J connectivity index is 2.75. The molecule has 0 aliphatic rings. The number of benzene rings is 2. The van der Waals surface area contributed by atoms with Crippen LogP contribution in [0.4, 0.5) is 5.69 Å². The monoisotopic (exact) mass is 301 g/mol. The maximum atomic E-state index is 11.0. The summed E-state index contributed by atoms with van der Waals surface area (Å²) in [6, 6.07) is 9.30. The lowest BCUT2D eigenvalue weighted by atomic mass is 10.0. The van der Waals surface area contributed by atoms with Crippen LogP contribution in [0.15, 0.2) is 36.4 Å². The molecule has 0 amide bonds. The number of halogens is 3. The molecule has 0 unspecified atom stereocenters. The van der Waals surface area contributed by atoms with Crippen molar-refractivity contribution in [1.82, 2.24) is 0 Å². The molecule has 2 aromatic rings. The van der Waals surface area contributed by atoms with Crippen LogP contribution in [0.25, 0.3) is 11.1 Å². The molecule has 0 aromatic heterocycles. The molecule has 0 spiro atoms. The van der Waals surface area contributed by atoms with E-state index in [0.29, 0.717) is 21.2 Å². The Bertz CT molecular complexity index is 608. The van der Waals surface area contributed by atoms with E-state index in [1.807, 2.05) is 0 Å². The second kappa shape index (κ2) is 5.14. The maximum absolute atomic E-state index is 11.0. The normalized spacial score (nSPS) is 10.4. The van der Waals surface area contributed by atoms with E-state index in [0.717, 1.165) is 0 Å². The van der Waals surface area contributed by atoms with Crippen molar-refractivity contribution in [2.24, 2.45) is 0 Å². The zero-order chi connectivity index (χ0) is 13.3. The summed E-state index contributed by atoms with van der Waals surface area (Å²) in [6.07, 6.45) is 0. The zero-order valence-electron chi connectivity index (χ0n) is 8.86. The maximum Gasteiger partial charge on any atom is 0.278 e. The molecule has 2 rings (SSSR count). The van der Waals surface area contributed by atoms with Gasteiger partial charge in [-0.1, -0.05) is 40.9 Å². The predicted octanol–water partition coefficient (Wildman–Crippen LogP) is 5.22. The Morgan fingerprint density at radius 3 is 2.17 bits per heavy atom. The van der Waals surface area contributed by atoms with Gasteiger partial charge in [-0.25, -0.2) is 0 Å². The number of rotatable bonds is 2. The molecule has 0 heterocycles. The molecular formula is C12H6Cl3NO2. The molecule has 0 saturated heterocycles. The molecule has 0 bridgehead atoms. The van der Waals surface area contributed by atoms with E-state index in [1.165, 1.54) is 12.1 Å². The Labute approximate surface area is 118 Å². The highest BCUT2D eigenvalue weighted by molar-refractivity contribution is 6.39. The molecule has 0 atom stereocenters. The number of hydrogen-bond acceptors (Lipinski definition) is 2. The van der Waals surface area contributed by atoms with E-state index >= 15 is 0 Å². The third-order valence-corrected chi connectivity index (χ3v) is 3.25. The van der Waals surface area contributed by atoms with E-state index in [-0.39, 0.29) is 10.7 Å². The van der Waals surface area contributed by atoms with Gasteiger partial charge in [0.1, 0.15) is 0 Å². The van der Waals surface area contributed by atoms with Crippen molar-refractivity contribution in [3.63, 3.8) is 0 Å². The molecule has 0 saturated carbocycles. The quantitative estimate of drug-likeness (QED) is 0.563. The predicted molar refractivity (Wildman–Crippen MR) is 73.6 cm³/mol. The van der Waals surface area contributed by atoms with Crippen molar-refractivity contribution in [1.29, 1.82) is 0 Å². The topological polar surface area (TPSA) is 43.1 Å². The van der Waals surface area contributed by atoms with Gasteiger partial charge in [-0.2, -0.15) is 0 Å². The van der Waals surface area contributed by atoms with Gasteiger partial charge in [-0.15, -0.1) is 0 Å². The van der Waals surface area contributed by atoms with Gasteiger partial charge in [-0.05, 0) is 24.3 Å². The summed E-state index contributed by atoms with van der Waals surface area (Å²) >= 11 is 17.8. The molecule has 0 radical (unpaired) electrons. The van der Waals surface area contributed by atoms with E-state index in [9.17, 15) is 10.1 Å². The minimum atomic E-state index is -0.513. The van der Waals surface area contributed by atoms with Gasteiger partial charge >= 0.3 is 0 Å². The molecule has 0 N–H and O–H groups in total. The summed E-state index contributed by atoms with van der Waals surface area (Å²) < 4.78 is 0. The van der Waals surface area contributed by atoms with E-state index in [4.69, 9.17) is 34.8 Å². The standard InChI is InChI=1S/C12H6Cl3NO2/c13-7-4-5-8(11(6-7)16(17)18)12-9(14)2-1-3-10(12)15/h1-6H. The number of nitro groups is 1. The van der Waals surface area contributed by atoms with Crippen molar-refractivity contribution in [2.45, 2.75) is 0 Å². The van der Waals surface area contributed by atoms with Gasteiger partial charge in [0.2, 0.25) is 0 Å². The average molecular weight is 303 g/mol. The first kappa shape index (κ1) is 13.1. The third kappa shape index (κ3) is 2.43. The van der Waals surface area contributed by atoms with Crippen molar-refractivity contribution in [3.05, 3.63) is 61.6 Å². The molecule has 6 heteroatoms. The summed E-state index contributed by atoms with van der Waals surface area (Å²) in [5, 5.41) is 12.0. The first-order valence-electron chi connectivity index (χ1n) is 4.89. The van der Waals surface area contributed by atoms with Crippen LogP contribution in [0.5, 0.6) is 0 Å². The molecule has 0 aliphatic heterocycles. The van der Waals surface area contributed by atoms with Crippen molar-refractivity contribution in [3.8, 4) is 11.1 Å². The van der Waals surface area contributed by atoms with Gasteiger partial charge in [0.15, 0.2) is 0 Å². The number of nitro benzene ring substituents is 1. The lowest BCUT2D eigenvalue weighted by molar-refractivity contribution is -0.384. The fourth-order valence-corrected chi connectivity index (χ4v) is 2.39. The summed E-state index contributed by atoms with van der Waals surface area (Å²) in [6.45, 7) is 0.